The third-order valence-electron chi connectivity index (χ3n) is 2.39. The predicted octanol–water partition coefficient (Wildman–Crippen LogP) is 2.80. The van der Waals surface area contributed by atoms with Gasteiger partial charge in [0.15, 0.2) is 0 Å². The molecule has 0 aliphatic heterocycles. The molecule has 10 heteroatoms. The highest BCUT2D eigenvalue weighted by Crippen LogP contribution is 2.37. The number of hydrogen-bond acceptors (Lipinski definition) is 2. The van der Waals surface area contributed by atoms with Gasteiger partial charge in [0.2, 0.25) is 0 Å². The molecule has 2 N–H and O–H groups in total. The summed E-state index contributed by atoms with van der Waals surface area (Å²) in [6.45, 7) is 1.56. The molecule has 0 aliphatic carbocycles. The van der Waals surface area contributed by atoms with Gasteiger partial charge in [-0.1, -0.05) is 0 Å². The molecular weight excluding hydrogens is 318 g/mol. The Morgan fingerprint density at radius 2 is 1.36 bits per heavy atom. The molecule has 1 aromatic rings. The van der Waals surface area contributed by atoms with Crippen LogP contribution in [-0.2, 0) is 21.9 Å². The number of rotatable bonds is 2. The monoisotopic (exact) mass is 328 g/mol. The molecule has 0 fully saturated rings. The molecule has 0 saturated carbocycles. The second kappa shape index (κ2) is 6.24. The van der Waals surface area contributed by atoms with Crippen LogP contribution in [-0.4, -0.2) is 18.4 Å². The second-order valence-electron chi connectivity index (χ2n) is 4.11. The summed E-state index contributed by atoms with van der Waals surface area (Å²) in [7, 11) is 0. The van der Waals surface area contributed by atoms with Crippen LogP contribution in [0.5, 0.6) is 0 Å². The Labute approximate surface area is 120 Å². The van der Waals surface area contributed by atoms with E-state index in [9.17, 15) is 35.9 Å². The topological polar surface area (TPSA) is 58.2 Å². The zero-order valence-electron chi connectivity index (χ0n) is 11.0. The molecular formula is C12H10F6N2O2. The largest absolute Gasteiger partial charge is 0.416 e. The predicted molar refractivity (Wildman–Crippen MR) is 63.8 cm³/mol. The maximum absolute atomic E-state index is 12.6. The fourth-order valence-corrected chi connectivity index (χ4v) is 1.46. The van der Waals surface area contributed by atoms with Gasteiger partial charge in [0.1, 0.15) is 0 Å². The van der Waals surface area contributed by atoms with E-state index < -0.39 is 41.0 Å². The molecule has 0 bridgehead atoms. The minimum atomic E-state index is -5.04. The number of alkyl halides is 6. The van der Waals surface area contributed by atoms with Gasteiger partial charge in [0.25, 0.3) is 0 Å². The normalized spacial score (nSPS) is 12.0. The lowest BCUT2D eigenvalue weighted by Crippen LogP contribution is -2.35. The van der Waals surface area contributed by atoms with Crippen LogP contribution in [0.3, 0.4) is 0 Å². The van der Waals surface area contributed by atoms with Crippen LogP contribution in [0.15, 0.2) is 18.2 Å². The number of hydrogen-bond donors (Lipinski definition) is 2. The Kier molecular flexibility index (Phi) is 5.05. The molecule has 0 atom stereocenters. The van der Waals surface area contributed by atoms with Crippen molar-refractivity contribution in [2.24, 2.45) is 0 Å². The molecule has 0 saturated heterocycles. The lowest BCUT2D eigenvalue weighted by Gasteiger charge is -2.14. The number of amides is 2. The van der Waals surface area contributed by atoms with E-state index in [1.165, 1.54) is 6.92 Å². The van der Waals surface area contributed by atoms with Gasteiger partial charge >= 0.3 is 24.2 Å². The van der Waals surface area contributed by atoms with Gasteiger partial charge in [-0.2, -0.15) is 26.3 Å². The second-order valence-corrected chi connectivity index (χ2v) is 4.11. The number of carbonyl (C=O) groups is 2. The van der Waals surface area contributed by atoms with E-state index in [-0.39, 0.29) is 12.6 Å². The average Bonchev–Trinajstić information content (AvgIpc) is 2.36. The standard InChI is InChI=1S/C12H10F6N2O2/c1-2-19-9(21)10(22)20-8-4-6(11(13,14)15)3-7(5-8)12(16,17)18/h3-5H,2H2,1H3,(H,19,21)(H,20,22). The molecule has 0 aromatic heterocycles. The Bertz CT molecular complexity index is 548. The Morgan fingerprint density at radius 1 is 0.909 bits per heavy atom. The SMILES string of the molecule is CCNC(=O)C(=O)Nc1cc(C(F)(F)F)cc(C(F)(F)F)c1. The molecule has 0 heterocycles. The molecule has 1 aromatic carbocycles. The smallest absolute Gasteiger partial charge is 0.348 e. The van der Waals surface area contributed by atoms with Crippen molar-refractivity contribution in [3.63, 3.8) is 0 Å². The van der Waals surface area contributed by atoms with Crippen molar-refractivity contribution in [2.75, 3.05) is 11.9 Å². The first-order valence-corrected chi connectivity index (χ1v) is 5.83. The average molecular weight is 328 g/mol. The first-order valence-electron chi connectivity index (χ1n) is 5.83. The Hall–Kier alpha value is -2.26. The summed E-state index contributed by atoms with van der Waals surface area (Å²) in [6.07, 6.45) is -10.1. The first-order chi connectivity index (χ1) is 9.95. The maximum atomic E-state index is 12.6. The van der Waals surface area contributed by atoms with Crippen molar-refractivity contribution in [1.29, 1.82) is 0 Å². The summed E-state index contributed by atoms with van der Waals surface area (Å²) in [5, 5.41) is 3.76. The number of anilines is 1. The molecule has 2 amide bonds. The first kappa shape index (κ1) is 17.8. The zero-order chi connectivity index (χ0) is 17.1. The third kappa shape index (κ3) is 4.64. The molecule has 0 radical (unpaired) electrons. The van der Waals surface area contributed by atoms with E-state index >= 15 is 0 Å². The highest BCUT2D eigenvalue weighted by atomic mass is 19.4. The van der Waals surface area contributed by atoms with Gasteiger partial charge in [-0.15, -0.1) is 0 Å². The van der Waals surface area contributed by atoms with Crippen molar-refractivity contribution in [3.8, 4) is 0 Å². The summed E-state index contributed by atoms with van der Waals surface area (Å²) in [5.74, 6) is -2.54. The maximum Gasteiger partial charge on any atom is 0.416 e. The summed E-state index contributed by atoms with van der Waals surface area (Å²) < 4.78 is 75.6. The van der Waals surface area contributed by atoms with Gasteiger partial charge in [0, 0.05) is 12.2 Å². The molecule has 0 unspecified atom stereocenters. The van der Waals surface area contributed by atoms with Crippen molar-refractivity contribution >= 4 is 17.5 Å². The van der Waals surface area contributed by atoms with E-state index in [4.69, 9.17) is 0 Å². The molecule has 122 valence electrons. The van der Waals surface area contributed by atoms with Crippen LogP contribution in [0.4, 0.5) is 32.0 Å². The number of halogens is 6. The summed E-state index contributed by atoms with van der Waals surface area (Å²) in [6, 6.07) is 0.542. The zero-order valence-corrected chi connectivity index (χ0v) is 11.0. The minimum absolute atomic E-state index is 0.0721. The van der Waals surface area contributed by atoms with Crippen LogP contribution < -0.4 is 10.6 Å². The molecule has 1 rings (SSSR count). The summed E-state index contributed by atoms with van der Waals surface area (Å²) >= 11 is 0. The van der Waals surface area contributed by atoms with Gasteiger partial charge in [-0.25, -0.2) is 0 Å². The van der Waals surface area contributed by atoms with E-state index in [2.05, 4.69) is 5.32 Å². The van der Waals surface area contributed by atoms with Crippen LogP contribution in [0.1, 0.15) is 18.1 Å². The number of likely N-dealkylation sites (N-methyl/N-ethyl adjacent to an activating group) is 1. The van der Waals surface area contributed by atoms with Crippen molar-refractivity contribution in [2.45, 2.75) is 19.3 Å². The van der Waals surface area contributed by atoms with Crippen LogP contribution in [0.2, 0.25) is 0 Å². The number of nitrogens with one attached hydrogen (secondary N) is 2. The quantitative estimate of drug-likeness (QED) is 0.648. The van der Waals surface area contributed by atoms with Gasteiger partial charge in [0.05, 0.1) is 11.1 Å². The number of carbonyl (C=O) groups excluding carboxylic acids is 2. The highest BCUT2D eigenvalue weighted by molar-refractivity contribution is 6.39. The lowest BCUT2D eigenvalue weighted by atomic mass is 10.1. The number of benzene rings is 1. The van der Waals surface area contributed by atoms with Crippen LogP contribution in [0, 0.1) is 0 Å². The molecule has 0 aliphatic rings. The van der Waals surface area contributed by atoms with Crippen molar-refractivity contribution < 1.29 is 35.9 Å². The highest BCUT2D eigenvalue weighted by Gasteiger charge is 2.37. The lowest BCUT2D eigenvalue weighted by molar-refractivity contribution is -0.143. The van der Waals surface area contributed by atoms with Crippen LogP contribution >= 0.6 is 0 Å². The van der Waals surface area contributed by atoms with Gasteiger partial charge in [-0.3, -0.25) is 9.59 Å². The van der Waals surface area contributed by atoms with Gasteiger partial charge in [-0.05, 0) is 25.1 Å². The Morgan fingerprint density at radius 3 is 1.73 bits per heavy atom. The summed E-state index contributed by atoms with van der Waals surface area (Å²) in [5.41, 5.74) is -3.96. The van der Waals surface area contributed by atoms with Gasteiger partial charge < -0.3 is 10.6 Å². The van der Waals surface area contributed by atoms with Crippen molar-refractivity contribution in [1.82, 2.24) is 5.32 Å². The fourth-order valence-electron chi connectivity index (χ4n) is 1.46. The Balaban J connectivity index is 3.19. The van der Waals surface area contributed by atoms with E-state index in [0.717, 1.165) is 0 Å². The van der Waals surface area contributed by atoms with Crippen LogP contribution in [0.25, 0.3) is 0 Å². The summed E-state index contributed by atoms with van der Waals surface area (Å²) in [4.78, 5) is 22.5. The molecule has 4 nitrogen and oxygen atoms in total. The van der Waals surface area contributed by atoms with E-state index in [1.54, 1.807) is 5.32 Å². The van der Waals surface area contributed by atoms with E-state index in [1.807, 2.05) is 0 Å². The minimum Gasteiger partial charge on any atom is -0.348 e. The van der Waals surface area contributed by atoms with Crippen molar-refractivity contribution in [3.05, 3.63) is 29.3 Å². The fraction of sp³-hybridized carbons (Fsp3) is 0.333. The van der Waals surface area contributed by atoms with E-state index in [0.29, 0.717) is 12.1 Å². The third-order valence-corrected chi connectivity index (χ3v) is 2.39. The molecule has 22 heavy (non-hydrogen) atoms. The molecule has 0 spiro atoms.